The van der Waals surface area contributed by atoms with Crippen LogP contribution in [0.4, 0.5) is 10.1 Å². The van der Waals surface area contributed by atoms with E-state index >= 15 is 0 Å². The molecule has 0 bridgehead atoms. The van der Waals surface area contributed by atoms with Crippen molar-refractivity contribution in [2.24, 2.45) is 0 Å². The highest BCUT2D eigenvalue weighted by molar-refractivity contribution is 7.92. The number of anilines is 1. The van der Waals surface area contributed by atoms with Crippen molar-refractivity contribution < 1.29 is 17.6 Å². The van der Waals surface area contributed by atoms with Crippen LogP contribution >= 0.6 is 0 Å². The molecule has 3 rings (SSSR count). The fourth-order valence-corrected chi connectivity index (χ4v) is 4.43. The Bertz CT molecular complexity index is 1180. The summed E-state index contributed by atoms with van der Waals surface area (Å²) < 4.78 is 40.5. The van der Waals surface area contributed by atoms with Crippen molar-refractivity contribution in [3.05, 3.63) is 95.3 Å². The van der Waals surface area contributed by atoms with Gasteiger partial charge in [-0.2, -0.15) is 0 Å². The van der Waals surface area contributed by atoms with Gasteiger partial charge in [-0.25, -0.2) is 12.8 Å². The largest absolute Gasteiger partial charge is 0.348 e. The SMILES string of the molecule is CCN(CC)Cc1ccccc1CNC(=O)c1ccc(S(=O)(=O)Nc2ccc(F)cc2)cc1. The van der Waals surface area contributed by atoms with Crippen LogP contribution in [0.1, 0.15) is 35.3 Å². The number of amides is 1. The Hall–Kier alpha value is -3.23. The second-order valence-corrected chi connectivity index (χ2v) is 9.23. The van der Waals surface area contributed by atoms with Crippen LogP contribution in [0.15, 0.2) is 77.7 Å². The van der Waals surface area contributed by atoms with Gasteiger partial charge in [0.2, 0.25) is 0 Å². The normalized spacial score (nSPS) is 11.4. The summed E-state index contributed by atoms with van der Waals surface area (Å²) in [7, 11) is -3.86. The summed E-state index contributed by atoms with van der Waals surface area (Å²) in [6.45, 7) is 7.32. The standard InChI is InChI=1S/C25H28FN3O3S/c1-3-29(4-2)18-21-8-6-5-7-20(21)17-27-25(30)19-9-15-24(16-10-19)33(31,32)28-23-13-11-22(26)12-14-23/h5-16,28H,3-4,17-18H2,1-2H3,(H,27,30). The maximum atomic E-state index is 13.0. The molecule has 0 saturated heterocycles. The third kappa shape index (κ3) is 6.63. The summed E-state index contributed by atoms with van der Waals surface area (Å²) in [5.41, 5.74) is 2.81. The van der Waals surface area contributed by atoms with Crippen LogP contribution in [-0.4, -0.2) is 32.3 Å². The summed E-state index contributed by atoms with van der Waals surface area (Å²) in [6, 6.07) is 18.7. The molecule has 0 aliphatic heterocycles. The average Bonchev–Trinajstić information content (AvgIpc) is 2.83. The lowest BCUT2D eigenvalue weighted by atomic mass is 10.1. The predicted molar refractivity (Wildman–Crippen MR) is 128 cm³/mol. The van der Waals surface area contributed by atoms with Crippen LogP contribution in [0.3, 0.4) is 0 Å². The van der Waals surface area contributed by atoms with Crippen molar-refractivity contribution in [2.45, 2.75) is 31.8 Å². The number of carbonyl (C=O) groups excluding carboxylic acids is 1. The zero-order valence-electron chi connectivity index (χ0n) is 18.7. The molecule has 8 heteroatoms. The smallest absolute Gasteiger partial charge is 0.261 e. The molecule has 0 aliphatic rings. The minimum absolute atomic E-state index is 0.00735. The fourth-order valence-electron chi connectivity index (χ4n) is 3.37. The molecule has 0 atom stereocenters. The summed E-state index contributed by atoms with van der Waals surface area (Å²) in [6.07, 6.45) is 0. The van der Waals surface area contributed by atoms with Crippen LogP contribution in [0, 0.1) is 5.82 Å². The van der Waals surface area contributed by atoms with Crippen molar-refractivity contribution in [1.29, 1.82) is 0 Å². The van der Waals surface area contributed by atoms with E-state index in [4.69, 9.17) is 0 Å². The molecule has 3 aromatic rings. The second kappa shape index (κ2) is 11.1. The third-order valence-electron chi connectivity index (χ3n) is 5.37. The van der Waals surface area contributed by atoms with Gasteiger partial charge >= 0.3 is 0 Å². The molecular weight excluding hydrogens is 441 g/mol. The first kappa shape index (κ1) is 24.4. The Morgan fingerprint density at radius 1 is 0.879 bits per heavy atom. The summed E-state index contributed by atoms with van der Waals surface area (Å²) >= 11 is 0. The highest BCUT2D eigenvalue weighted by atomic mass is 32.2. The Balaban J connectivity index is 1.65. The average molecular weight is 470 g/mol. The lowest BCUT2D eigenvalue weighted by Crippen LogP contribution is -2.26. The Kier molecular flexibility index (Phi) is 8.19. The van der Waals surface area contributed by atoms with Crippen molar-refractivity contribution >= 4 is 21.6 Å². The van der Waals surface area contributed by atoms with Crippen LogP contribution in [0.5, 0.6) is 0 Å². The molecule has 0 spiro atoms. The lowest BCUT2D eigenvalue weighted by molar-refractivity contribution is 0.0950. The lowest BCUT2D eigenvalue weighted by Gasteiger charge is -2.20. The predicted octanol–water partition coefficient (Wildman–Crippen LogP) is 4.40. The highest BCUT2D eigenvalue weighted by Gasteiger charge is 2.16. The van der Waals surface area contributed by atoms with E-state index in [1.165, 1.54) is 48.5 Å². The molecule has 0 radical (unpaired) electrons. The van der Waals surface area contributed by atoms with Gasteiger partial charge in [-0.05, 0) is 72.7 Å². The maximum absolute atomic E-state index is 13.0. The number of nitrogens with one attached hydrogen (secondary N) is 2. The molecule has 2 N–H and O–H groups in total. The number of carbonyl (C=O) groups is 1. The van der Waals surface area contributed by atoms with Crippen LogP contribution in [-0.2, 0) is 23.1 Å². The van der Waals surface area contributed by atoms with Gasteiger partial charge in [0.25, 0.3) is 15.9 Å². The Morgan fingerprint density at radius 3 is 2.09 bits per heavy atom. The summed E-state index contributed by atoms with van der Waals surface area (Å²) in [5, 5.41) is 2.91. The molecule has 0 aliphatic carbocycles. The molecular formula is C25H28FN3O3S. The summed E-state index contributed by atoms with van der Waals surface area (Å²) in [4.78, 5) is 14.9. The fraction of sp³-hybridized carbons (Fsp3) is 0.240. The molecule has 0 aromatic heterocycles. The number of hydrogen-bond acceptors (Lipinski definition) is 4. The van der Waals surface area contributed by atoms with E-state index < -0.39 is 15.8 Å². The monoisotopic (exact) mass is 469 g/mol. The van der Waals surface area contributed by atoms with Gasteiger partial charge in [-0.3, -0.25) is 14.4 Å². The van der Waals surface area contributed by atoms with Gasteiger partial charge in [0, 0.05) is 24.3 Å². The number of rotatable bonds is 10. The number of nitrogens with zero attached hydrogens (tertiary/aromatic N) is 1. The van der Waals surface area contributed by atoms with Crippen LogP contribution in [0.2, 0.25) is 0 Å². The van der Waals surface area contributed by atoms with Crippen molar-refractivity contribution in [3.63, 3.8) is 0 Å². The minimum Gasteiger partial charge on any atom is -0.348 e. The molecule has 0 heterocycles. The Labute approximate surface area is 194 Å². The molecule has 0 fully saturated rings. The first-order chi connectivity index (χ1) is 15.8. The van der Waals surface area contributed by atoms with E-state index in [-0.39, 0.29) is 16.5 Å². The van der Waals surface area contributed by atoms with Crippen LogP contribution < -0.4 is 10.0 Å². The minimum atomic E-state index is -3.86. The van der Waals surface area contributed by atoms with Crippen molar-refractivity contribution in [1.82, 2.24) is 10.2 Å². The highest BCUT2D eigenvalue weighted by Crippen LogP contribution is 2.17. The second-order valence-electron chi connectivity index (χ2n) is 7.55. The van der Waals surface area contributed by atoms with Gasteiger partial charge in [-0.15, -0.1) is 0 Å². The topological polar surface area (TPSA) is 78.5 Å². The molecule has 1 amide bonds. The van der Waals surface area contributed by atoms with Gasteiger partial charge in [0.05, 0.1) is 4.90 Å². The zero-order valence-corrected chi connectivity index (χ0v) is 19.5. The Morgan fingerprint density at radius 2 is 1.48 bits per heavy atom. The zero-order chi connectivity index (χ0) is 23.8. The van der Waals surface area contributed by atoms with Gasteiger partial charge in [0.15, 0.2) is 0 Å². The van der Waals surface area contributed by atoms with E-state index in [0.717, 1.165) is 30.8 Å². The van der Waals surface area contributed by atoms with Gasteiger partial charge < -0.3 is 5.32 Å². The first-order valence-electron chi connectivity index (χ1n) is 10.8. The van der Waals surface area contributed by atoms with E-state index in [0.29, 0.717) is 12.1 Å². The van der Waals surface area contributed by atoms with E-state index in [9.17, 15) is 17.6 Å². The first-order valence-corrected chi connectivity index (χ1v) is 12.3. The molecule has 6 nitrogen and oxygen atoms in total. The number of benzene rings is 3. The molecule has 33 heavy (non-hydrogen) atoms. The number of halogens is 1. The number of sulfonamides is 1. The van der Waals surface area contributed by atoms with Crippen molar-refractivity contribution in [2.75, 3.05) is 17.8 Å². The molecule has 174 valence electrons. The van der Waals surface area contributed by atoms with Crippen molar-refractivity contribution in [3.8, 4) is 0 Å². The quantitative estimate of drug-likeness (QED) is 0.461. The number of hydrogen-bond donors (Lipinski definition) is 2. The summed E-state index contributed by atoms with van der Waals surface area (Å²) in [5.74, 6) is -0.743. The van der Waals surface area contributed by atoms with E-state index in [1.54, 1.807) is 0 Å². The molecule has 3 aromatic carbocycles. The van der Waals surface area contributed by atoms with E-state index in [1.807, 2.05) is 18.2 Å². The van der Waals surface area contributed by atoms with Gasteiger partial charge in [0.1, 0.15) is 5.82 Å². The third-order valence-corrected chi connectivity index (χ3v) is 6.77. The van der Waals surface area contributed by atoms with E-state index in [2.05, 4.69) is 34.9 Å². The van der Waals surface area contributed by atoms with Gasteiger partial charge in [-0.1, -0.05) is 38.1 Å². The van der Waals surface area contributed by atoms with Crippen LogP contribution in [0.25, 0.3) is 0 Å². The molecule has 0 saturated carbocycles. The maximum Gasteiger partial charge on any atom is 0.261 e. The molecule has 0 unspecified atom stereocenters.